The van der Waals surface area contributed by atoms with E-state index in [1.807, 2.05) is 11.3 Å². The van der Waals surface area contributed by atoms with Crippen LogP contribution in [0.15, 0.2) is 16.8 Å². The first kappa shape index (κ1) is 13.1. The minimum atomic E-state index is 0.561. The molecule has 0 aliphatic carbocycles. The number of nitrogens with zero attached hydrogens (tertiary/aromatic N) is 1. The maximum Gasteiger partial charge on any atom is 0.0331 e. The van der Waals surface area contributed by atoms with Gasteiger partial charge in [0.05, 0.1) is 0 Å². The van der Waals surface area contributed by atoms with Gasteiger partial charge in [-0.1, -0.05) is 6.92 Å². The van der Waals surface area contributed by atoms with Crippen molar-refractivity contribution in [2.45, 2.75) is 45.2 Å². The van der Waals surface area contributed by atoms with Crippen LogP contribution < -0.4 is 5.32 Å². The lowest BCUT2D eigenvalue weighted by atomic mass is 10.0. The molecule has 1 aliphatic rings. The van der Waals surface area contributed by atoms with Gasteiger partial charge in [0, 0.05) is 18.6 Å². The minimum Gasteiger partial charge on any atom is -0.315 e. The zero-order valence-corrected chi connectivity index (χ0v) is 11.8. The highest BCUT2D eigenvalue weighted by Crippen LogP contribution is 2.26. The van der Waals surface area contributed by atoms with Crippen molar-refractivity contribution in [3.63, 3.8) is 0 Å². The van der Waals surface area contributed by atoms with Gasteiger partial charge in [-0.2, -0.15) is 11.3 Å². The highest BCUT2D eigenvalue weighted by molar-refractivity contribution is 7.07. The van der Waals surface area contributed by atoms with Gasteiger partial charge in [-0.15, -0.1) is 0 Å². The average Bonchev–Trinajstić information content (AvgIpc) is 2.90. The monoisotopic (exact) mass is 252 g/mol. The predicted octanol–water partition coefficient (Wildman–Crippen LogP) is 3.27. The number of hydrogen-bond acceptors (Lipinski definition) is 3. The summed E-state index contributed by atoms with van der Waals surface area (Å²) in [7, 11) is 0. The maximum atomic E-state index is 3.53. The number of thiophene rings is 1. The van der Waals surface area contributed by atoms with E-state index in [4.69, 9.17) is 0 Å². The maximum absolute atomic E-state index is 3.53. The molecule has 0 radical (unpaired) electrons. The Kier molecular flexibility index (Phi) is 5.01. The minimum absolute atomic E-state index is 0.561. The van der Waals surface area contributed by atoms with E-state index in [1.54, 1.807) is 0 Å². The molecule has 0 amide bonds. The van der Waals surface area contributed by atoms with Gasteiger partial charge in [-0.25, -0.2) is 0 Å². The second kappa shape index (κ2) is 6.53. The summed E-state index contributed by atoms with van der Waals surface area (Å²) in [6.45, 7) is 8.21. The molecule has 0 bridgehead atoms. The molecule has 1 fully saturated rings. The summed E-state index contributed by atoms with van der Waals surface area (Å²) in [6.07, 6.45) is 3.91. The third-order valence-electron chi connectivity index (χ3n) is 3.74. The van der Waals surface area contributed by atoms with Gasteiger partial charge in [-0.05, 0) is 61.7 Å². The number of piperidine rings is 1. The fourth-order valence-corrected chi connectivity index (χ4v) is 3.52. The number of hydrogen-bond donors (Lipinski definition) is 1. The second-order valence-corrected chi connectivity index (χ2v) is 5.75. The SMILES string of the molecule is CCCN(C1CCCNC1)C(C)c1ccsc1. The lowest BCUT2D eigenvalue weighted by Gasteiger charge is -2.38. The van der Waals surface area contributed by atoms with Gasteiger partial charge in [-0.3, -0.25) is 4.90 Å². The molecule has 0 saturated carbocycles. The molecule has 3 heteroatoms. The second-order valence-electron chi connectivity index (χ2n) is 4.97. The fourth-order valence-electron chi connectivity index (χ4n) is 2.77. The van der Waals surface area contributed by atoms with Gasteiger partial charge < -0.3 is 5.32 Å². The molecule has 2 rings (SSSR count). The Morgan fingerprint density at radius 1 is 1.59 bits per heavy atom. The fraction of sp³-hybridized carbons (Fsp3) is 0.714. The van der Waals surface area contributed by atoms with Gasteiger partial charge in [0.25, 0.3) is 0 Å². The zero-order valence-electron chi connectivity index (χ0n) is 11.0. The lowest BCUT2D eigenvalue weighted by Crippen LogP contribution is -2.47. The van der Waals surface area contributed by atoms with Crippen LogP contribution in [0, 0.1) is 0 Å². The van der Waals surface area contributed by atoms with Crippen molar-refractivity contribution in [3.8, 4) is 0 Å². The topological polar surface area (TPSA) is 15.3 Å². The first-order valence-electron chi connectivity index (χ1n) is 6.81. The molecule has 17 heavy (non-hydrogen) atoms. The van der Waals surface area contributed by atoms with Gasteiger partial charge >= 0.3 is 0 Å². The van der Waals surface area contributed by atoms with Crippen LogP contribution in [0.2, 0.25) is 0 Å². The summed E-state index contributed by atoms with van der Waals surface area (Å²) < 4.78 is 0. The van der Waals surface area contributed by atoms with Crippen LogP contribution in [0.1, 0.15) is 44.7 Å². The summed E-state index contributed by atoms with van der Waals surface area (Å²) in [4.78, 5) is 2.69. The Balaban J connectivity index is 2.04. The Morgan fingerprint density at radius 3 is 3.06 bits per heavy atom. The quantitative estimate of drug-likeness (QED) is 0.865. The first-order chi connectivity index (χ1) is 8.33. The summed E-state index contributed by atoms with van der Waals surface area (Å²) in [5.74, 6) is 0. The lowest BCUT2D eigenvalue weighted by molar-refractivity contribution is 0.121. The van der Waals surface area contributed by atoms with Crippen LogP contribution in [-0.4, -0.2) is 30.6 Å². The molecule has 2 atom stereocenters. The highest BCUT2D eigenvalue weighted by atomic mass is 32.1. The molecule has 1 aromatic rings. The summed E-state index contributed by atoms with van der Waals surface area (Å²) >= 11 is 1.81. The molecule has 1 aliphatic heterocycles. The van der Waals surface area contributed by atoms with Crippen molar-refractivity contribution in [1.82, 2.24) is 10.2 Å². The molecule has 2 unspecified atom stereocenters. The number of nitrogens with one attached hydrogen (secondary N) is 1. The van der Waals surface area contributed by atoms with Crippen LogP contribution in [0.4, 0.5) is 0 Å². The average molecular weight is 252 g/mol. The molecule has 96 valence electrons. The van der Waals surface area contributed by atoms with Crippen molar-refractivity contribution in [2.75, 3.05) is 19.6 Å². The van der Waals surface area contributed by atoms with Gasteiger partial charge in [0.2, 0.25) is 0 Å². The van der Waals surface area contributed by atoms with Crippen LogP contribution >= 0.6 is 11.3 Å². The smallest absolute Gasteiger partial charge is 0.0331 e. The Hall–Kier alpha value is -0.380. The molecule has 1 N–H and O–H groups in total. The van der Waals surface area contributed by atoms with E-state index in [9.17, 15) is 0 Å². The third kappa shape index (κ3) is 3.30. The molecular weight excluding hydrogens is 228 g/mol. The van der Waals surface area contributed by atoms with Crippen LogP contribution in [-0.2, 0) is 0 Å². The van der Waals surface area contributed by atoms with Gasteiger partial charge in [0.1, 0.15) is 0 Å². The molecule has 1 aromatic heterocycles. The summed E-state index contributed by atoms with van der Waals surface area (Å²) in [5, 5.41) is 8.02. The van der Waals surface area contributed by atoms with E-state index < -0.39 is 0 Å². The molecule has 0 spiro atoms. The van der Waals surface area contributed by atoms with Crippen LogP contribution in [0.3, 0.4) is 0 Å². The van der Waals surface area contributed by atoms with Crippen molar-refractivity contribution in [1.29, 1.82) is 0 Å². The van der Waals surface area contributed by atoms with Crippen molar-refractivity contribution in [3.05, 3.63) is 22.4 Å². The Morgan fingerprint density at radius 2 is 2.47 bits per heavy atom. The Bertz CT molecular complexity index is 304. The van der Waals surface area contributed by atoms with Crippen molar-refractivity contribution < 1.29 is 0 Å². The third-order valence-corrected chi connectivity index (χ3v) is 4.45. The standard InChI is InChI=1S/C14H24N2S/c1-3-8-16(14-5-4-7-15-10-14)12(2)13-6-9-17-11-13/h6,9,11-12,14-15H,3-5,7-8,10H2,1-2H3. The van der Waals surface area contributed by atoms with Crippen LogP contribution in [0.5, 0.6) is 0 Å². The summed E-state index contributed by atoms with van der Waals surface area (Å²) in [5.41, 5.74) is 1.48. The molecular formula is C14H24N2S. The van der Waals surface area contributed by atoms with Crippen molar-refractivity contribution >= 4 is 11.3 Å². The van der Waals surface area contributed by atoms with E-state index >= 15 is 0 Å². The zero-order chi connectivity index (χ0) is 12.1. The van der Waals surface area contributed by atoms with E-state index in [1.165, 1.54) is 37.9 Å². The first-order valence-corrected chi connectivity index (χ1v) is 7.75. The summed E-state index contributed by atoms with van der Waals surface area (Å²) in [6, 6.07) is 3.55. The Labute approximate surface area is 109 Å². The number of rotatable bonds is 5. The molecule has 0 aromatic carbocycles. The molecule has 2 nitrogen and oxygen atoms in total. The predicted molar refractivity (Wildman–Crippen MR) is 75.6 cm³/mol. The van der Waals surface area contributed by atoms with E-state index in [2.05, 4.69) is 40.9 Å². The van der Waals surface area contributed by atoms with Crippen LogP contribution in [0.25, 0.3) is 0 Å². The largest absolute Gasteiger partial charge is 0.315 e. The van der Waals surface area contributed by atoms with Gasteiger partial charge in [0.15, 0.2) is 0 Å². The van der Waals surface area contributed by atoms with E-state index in [-0.39, 0.29) is 0 Å². The molecule has 1 saturated heterocycles. The normalized spacial score (nSPS) is 22.9. The highest BCUT2D eigenvalue weighted by Gasteiger charge is 2.25. The molecule has 2 heterocycles. The van der Waals surface area contributed by atoms with Crippen molar-refractivity contribution in [2.24, 2.45) is 0 Å². The van der Waals surface area contributed by atoms with E-state index in [0.29, 0.717) is 6.04 Å². The van der Waals surface area contributed by atoms with E-state index in [0.717, 1.165) is 12.6 Å².